The highest BCUT2D eigenvalue weighted by molar-refractivity contribution is 5.86. The molecule has 5 N–H and O–H groups in total. The van der Waals surface area contributed by atoms with Crippen molar-refractivity contribution >= 4 is 11.9 Å². The molecule has 0 heterocycles. The molecule has 1 amide bonds. The summed E-state index contributed by atoms with van der Waals surface area (Å²) in [7, 11) is 0. The van der Waals surface area contributed by atoms with Crippen LogP contribution in [0.15, 0.2) is 60.7 Å². The Hall–Kier alpha value is -2.70. The Morgan fingerprint density at radius 1 is 0.920 bits per heavy atom. The van der Waals surface area contributed by atoms with Gasteiger partial charge in [-0.25, -0.2) is 4.79 Å². The van der Waals surface area contributed by atoms with Gasteiger partial charge in [-0.05, 0) is 17.5 Å². The fraction of sp³-hybridized carbons (Fsp3) is 0.263. The number of amides is 1. The van der Waals surface area contributed by atoms with Crippen LogP contribution in [0.5, 0.6) is 0 Å². The van der Waals surface area contributed by atoms with Crippen molar-refractivity contribution in [1.82, 2.24) is 5.32 Å². The number of aliphatic carboxylic acids is 1. The van der Waals surface area contributed by atoms with Crippen molar-refractivity contribution in [1.29, 1.82) is 0 Å². The zero-order valence-corrected chi connectivity index (χ0v) is 13.7. The summed E-state index contributed by atoms with van der Waals surface area (Å²) in [5, 5.41) is 21.8. The minimum Gasteiger partial charge on any atom is -0.480 e. The van der Waals surface area contributed by atoms with Crippen molar-refractivity contribution < 1.29 is 19.8 Å². The molecule has 0 saturated heterocycles. The largest absolute Gasteiger partial charge is 0.480 e. The first kappa shape index (κ1) is 18.6. The van der Waals surface area contributed by atoms with E-state index in [0.717, 1.165) is 11.1 Å². The third kappa shape index (κ3) is 5.70. The number of aliphatic hydroxyl groups is 1. The van der Waals surface area contributed by atoms with Crippen LogP contribution in [0.4, 0.5) is 0 Å². The summed E-state index contributed by atoms with van der Waals surface area (Å²) >= 11 is 0. The fourth-order valence-corrected chi connectivity index (χ4v) is 2.50. The Balaban J connectivity index is 1.96. The SMILES string of the molecule is NC(Cc1ccccc1)C(O)C(=O)N[C@@H](Cc1ccccc1)C(=O)O. The van der Waals surface area contributed by atoms with Crippen LogP contribution in [0, 0.1) is 0 Å². The van der Waals surface area contributed by atoms with Crippen LogP contribution in [0.1, 0.15) is 11.1 Å². The van der Waals surface area contributed by atoms with E-state index in [0.29, 0.717) is 6.42 Å². The first-order valence-electron chi connectivity index (χ1n) is 8.02. The summed E-state index contributed by atoms with van der Waals surface area (Å²) in [6.45, 7) is 0. The van der Waals surface area contributed by atoms with E-state index in [4.69, 9.17) is 5.73 Å². The van der Waals surface area contributed by atoms with Crippen molar-refractivity contribution in [2.24, 2.45) is 5.73 Å². The number of benzene rings is 2. The molecule has 0 aliphatic carbocycles. The minimum absolute atomic E-state index is 0.128. The number of nitrogens with two attached hydrogens (primary N) is 1. The topological polar surface area (TPSA) is 113 Å². The molecule has 0 saturated carbocycles. The average Bonchev–Trinajstić information content (AvgIpc) is 2.62. The highest BCUT2D eigenvalue weighted by atomic mass is 16.4. The molecule has 0 radical (unpaired) electrons. The van der Waals surface area contributed by atoms with Crippen LogP contribution in [-0.4, -0.2) is 40.3 Å². The normalized spacial score (nSPS) is 14.3. The van der Waals surface area contributed by atoms with Gasteiger partial charge in [-0.15, -0.1) is 0 Å². The van der Waals surface area contributed by atoms with Crippen LogP contribution < -0.4 is 11.1 Å². The van der Waals surface area contributed by atoms with Crippen molar-refractivity contribution in [3.8, 4) is 0 Å². The molecule has 0 aliphatic rings. The Kier molecular flexibility index (Phi) is 6.68. The van der Waals surface area contributed by atoms with Crippen LogP contribution in [0.2, 0.25) is 0 Å². The van der Waals surface area contributed by atoms with Crippen LogP contribution in [-0.2, 0) is 22.4 Å². The molecule has 2 rings (SSSR count). The molecule has 6 heteroatoms. The molecule has 2 aromatic rings. The summed E-state index contributed by atoms with van der Waals surface area (Å²) in [5.41, 5.74) is 7.56. The van der Waals surface area contributed by atoms with Gasteiger partial charge in [0.05, 0.1) is 0 Å². The van der Waals surface area contributed by atoms with Crippen molar-refractivity contribution in [3.63, 3.8) is 0 Å². The number of carbonyl (C=O) groups excluding carboxylic acids is 1. The maximum atomic E-state index is 12.2. The highest BCUT2D eigenvalue weighted by Crippen LogP contribution is 2.07. The van der Waals surface area contributed by atoms with Gasteiger partial charge in [0.1, 0.15) is 12.1 Å². The van der Waals surface area contributed by atoms with Gasteiger partial charge >= 0.3 is 5.97 Å². The van der Waals surface area contributed by atoms with Gasteiger partial charge < -0.3 is 21.3 Å². The number of carboxylic acid groups (broad SMARTS) is 1. The molecular formula is C19H22N2O4. The Morgan fingerprint density at radius 3 is 1.88 bits per heavy atom. The van der Waals surface area contributed by atoms with E-state index >= 15 is 0 Å². The second-order valence-corrected chi connectivity index (χ2v) is 5.89. The summed E-state index contributed by atoms with van der Waals surface area (Å²) in [4.78, 5) is 23.6. The monoisotopic (exact) mass is 342 g/mol. The van der Waals surface area contributed by atoms with Crippen LogP contribution in [0.3, 0.4) is 0 Å². The predicted molar refractivity (Wildman–Crippen MR) is 93.8 cm³/mol. The number of carbonyl (C=O) groups is 2. The minimum atomic E-state index is -1.49. The number of aliphatic hydroxyl groups excluding tert-OH is 1. The molecule has 2 aromatic carbocycles. The maximum Gasteiger partial charge on any atom is 0.326 e. The molecule has 2 unspecified atom stereocenters. The maximum absolute atomic E-state index is 12.2. The zero-order chi connectivity index (χ0) is 18.2. The summed E-state index contributed by atoms with van der Waals surface area (Å²) in [5.74, 6) is -1.95. The molecule has 0 fully saturated rings. The third-order valence-corrected chi connectivity index (χ3v) is 3.89. The van der Waals surface area contributed by atoms with E-state index in [1.807, 2.05) is 36.4 Å². The fourth-order valence-electron chi connectivity index (χ4n) is 2.50. The van der Waals surface area contributed by atoms with E-state index in [2.05, 4.69) is 5.32 Å². The number of rotatable bonds is 8. The van der Waals surface area contributed by atoms with Gasteiger partial charge in [-0.1, -0.05) is 60.7 Å². The average molecular weight is 342 g/mol. The molecule has 25 heavy (non-hydrogen) atoms. The molecule has 3 atom stereocenters. The second kappa shape index (κ2) is 8.96. The molecule has 132 valence electrons. The molecule has 6 nitrogen and oxygen atoms in total. The van der Waals surface area contributed by atoms with E-state index < -0.39 is 30.1 Å². The lowest BCUT2D eigenvalue weighted by Gasteiger charge is -2.21. The number of hydrogen-bond donors (Lipinski definition) is 4. The molecular weight excluding hydrogens is 320 g/mol. The second-order valence-electron chi connectivity index (χ2n) is 5.89. The number of carboxylic acids is 1. The van der Waals surface area contributed by atoms with Crippen molar-refractivity contribution in [2.75, 3.05) is 0 Å². The van der Waals surface area contributed by atoms with Gasteiger partial charge in [-0.3, -0.25) is 4.79 Å². The Labute approximate surface area is 146 Å². The summed E-state index contributed by atoms with van der Waals surface area (Å²) in [6.07, 6.45) is -1.05. The van der Waals surface area contributed by atoms with Crippen molar-refractivity contribution in [3.05, 3.63) is 71.8 Å². The Bertz CT molecular complexity index is 691. The molecule has 0 aliphatic heterocycles. The lowest BCUT2D eigenvalue weighted by molar-refractivity contribution is -0.143. The zero-order valence-electron chi connectivity index (χ0n) is 13.7. The van der Waals surface area contributed by atoms with Gasteiger partial charge in [0, 0.05) is 12.5 Å². The summed E-state index contributed by atoms with van der Waals surface area (Å²) in [6, 6.07) is 16.2. The smallest absolute Gasteiger partial charge is 0.326 e. The number of nitrogens with one attached hydrogen (secondary N) is 1. The van der Waals surface area contributed by atoms with Crippen LogP contribution in [0.25, 0.3) is 0 Å². The molecule has 0 spiro atoms. The molecule has 0 bridgehead atoms. The van der Waals surface area contributed by atoms with Crippen molar-refractivity contribution in [2.45, 2.75) is 31.0 Å². The van der Waals surface area contributed by atoms with Gasteiger partial charge in [0.25, 0.3) is 5.91 Å². The van der Waals surface area contributed by atoms with E-state index in [1.165, 1.54) is 0 Å². The highest BCUT2D eigenvalue weighted by Gasteiger charge is 2.28. The first-order chi connectivity index (χ1) is 12.0. The van der Waals surface area contributed by atoms with E-state index in [1.54, 1.807) is 24.3 Å². The summed E-state index contributed by atoms with van der Waals surface area (Å²) < 4.78 is 0. The van der Waals surface area contributed by atoms with Gasteiger partial charge in [-0.2, -0.15) is 0 Å². The number of hydrogen-bond acceptors (Lipinski definition) is 4. The molecule has 0 aromatic heterocycles. The quantitative estimate of drug-likeness (QED) is 0.565. The van der Waals surface area contributed by atoms with Gasteiger partial charge in [0.15, 0.2) is 0 Å². The third-order valence-electron chi connectivity index (χ3n) is 3.89. The van der Waals surface area contributed by atoms with Crippen LogP contribution >= 0.6 is 0 Å². The first-order valence-corrected chi connectivity index (χ1v) is 8.02. The lowest BCUT2D eigenvalue weighted by Crippen LogP contribution is -2.52. The van der Waals surface area contributed by atoms with E-state index in [9.17, 15) is 19.8 Å². The van der Waals surface area contributed by atoms with Gasteiger partial charge in [0.2, 0.25) is 0 Å². The predicted octanol–water partition coefficient (Wildman–Crippen LogP) is 0.729. The standard InChI is InChI=1S/C19H22N2O4/c20-15(11-13-7-3-1-4-8-13)17(22)18(23)21-16(19(24)25)12-14-9-5-2-6-10-14/h1-10,15-17,22H,11-12,20H2,(H,21,23)(H,24,25)/t15?,16-,17?/m0/s1. The Morgan fingerprint density at radius 2 is 1.40 bits per heavy atom. The lowest BCUT2D eigenvalue weighted by atomic mass is 10.0. The van der Waals surface area contributed by atoms with E-state index in [-0.39, 0.29) is 6.42 Å².